The molecule has 0 bridgehead atoms. The average molecular weight is 274 g/mol. The molecular formula is C14H11FN2OS. The van der Waals surface area contributed by atoms with Crippen molar-refractivity contribution in [1.29, 1.82) is 0 Å². The topological polar surface area (TPSA) is 37.8 Å². The van der Waals surface area contributed by atoms with Crippen molar-refractivity contribution >= 4 is 28.8 Å². The number of allylic oxidation sites excluding steroid dienone is 4. The van der Waals surface area contributed by atoms with Gasteiger partial charge < -0.3 is 4.98 Å². The molecule has 0 fully saturated rings. The van der Waals surface area contributed by atoms with E-state index in [-0.39, 0.29) is 10.2 Å². The number of hydrogen-bond acceptors (Lipinski definition) is 2. The summed E-state index contributed by atoms with van der Waals surface area (Å²) in [5.41, 5.74) is 0.698. The van der Waals surface area contributed by atoms with Gasteiger partial charge in [0, 0.05) is 5.70 Å². The molecule has 19 heavy (non-hydrogen) atoms. The van der Waals surface area contributed by atoms with Gasteiger partial charge >= 0.3 is 0 Å². The zero-order valence-corrected chi connectivity index (χ0v) is 10.8. The van der Waals surface area contributed by atoms with Gasteiger partial charge in [-0.15, -0.1) is 0 Å². The Morgan fingerprint density at radius 1 is 1.32 bits per heavy atom. The van der Waals surface area contributed by atoms with Crippen LogP contribution in [0.3, 0.4) is 0 Å². The van der Waals surface area contributed by atoms with Crippen molar-refractivity contribution in [3.05, 3.63) is 57.4 Å². The van der Waals surface area contributed by atoms with Gasteiger partial charge in [0.1, 0.15) is 5.82 Å². The maximum Gasteiger partial charge on any atom is 0.269 e. The minimum atomic E-state index is -0.539. The third-order valence-corrected chi connectivity index (χ3v) is 3.39. The molecule has 5 heteroatoms. The first-order valence-corrected chi connectivity index (χ1v) is 6.40. The molecule has 0 radical (unpaired) electrons. The summed E-state index contributed by atoms with van der Waals surface area (Å²) in [4.78, 5) is 15.3. The van der Waals surface area contributed by atoms with E-state index in [9.17, 15) is 9.18 Å². The van der Waals surface area contributed by atoms with Crippen molar-refractivity contribution in [2.24, 2.45) is 0 Å². The van der Waals surface area contributed by atoms with Crippen LogP contribution >= 0.6 is 12.2 Å². The molecule has 0 spiro atoms. The number of aromatic amines is 1. The normalized spacial score (nSPS) is 14.7. The Hall–Kier alpha value is -2.01. The molecule has 2 aromatic rings. The highest BCUT2D eigenvalue weighted by Crippen LogP contribution is 2.16. The monoisotopic (exact) mass is 274 g/mol. The second-order valence-electron chi connectivity index (χ2n) is 4.34. The molecule has 0 saturated carbocycles. The lowest BCUT2D eigenvalue weighted by Gasteiger charge is -2.11. The van der Waals surface area contributed by atoms with Crippen molar-refractivity contribution in [2.75, 3.05) is 0 Å². The molecule has 1 N–H and O–H groups in total. The fraction of sp³-hybridized carbons (Fsp3) is 0.143. The molecule has 0 aliphatic heterocycles. The van der Waals surface area contributed by atoms with E-state index >= 15 is 0 Å². The molecule has 1 aromatic heterocycles. The van der Waals surface area contributed by atoms with Crippen LogP contribution in [0.25, 0.3) is 16.6 Å². The predicted octanol–water partition coefficient (Wildman–Crippen LogP) is 3.39. The first-order valence-electron chi connectivity index (χ1n) is 5.99. The van der Waals surface area contributed by atoms with Crippen LogP contribution in [0.1, 0.15) is 12.8 Å². The maximum absolute atomic E-state index is 13.8. The Labute approximate surface area is 113 Å². The second kappa shape index (κ2) is 4.59. The highest BCUT2D eigenvalue weighted by Gasteiger charge is 2.12. The van der Waals surface area contributed by atoms with E-state index in [0.717, 1.165) is 12.8 Å². The van der Waals surface area contributed by atoms with E-state index < -0.39 is 11.4 Å². The molecule has 1 aliphatic rings. The fourth-order valence-electron chi connectivity index (χ4n) is 2.22. The molecule has 0 unspecified atom stereocenters. The summed E-state index contributed by atoms with van der Waals surface area (Å²) >= 11 is 5.20. The number of fused-ring (bicyclic) bond motifs is 1. The van der Waals surface area contributed by atoms with Crippen LogP contribution in [0.4, 0.5) is 4.39 Å². The first kappa shape index (κ1) is 12.0. The Kier molecular flexibility index (Phi) is 2.91. The summed E-state index contributed by atoms with van der Waals surface area (Å²) in [6.45, 7) is 0. The molecular weight excluding hydrogens is 263 g/mol. The third kappa shape index (κ3) is 1.96. The maximum atomic E-state index is 13.8. The SMILES string of the molecule is O=c1c2c(F)cccc2[nH]c(=S)n1C1=CCCC=C1. The fourth-order valence-corrected chi connectivity index (χ4v) is 2.52. The minimum absolute atomic E-state index is 0.0379. The van der Waals surface area contributed by atoms with Gasteiger partial charge in [-0.2, -0.15) is 0 Å². The second-order valence-corrected chi connectivity index (χ2v) is 4.73. The summed E-state index contributed by atoms with van der Waals surface area (Å²) in [5.74, 6) is -0.539. The summed E-state index contributed by atoms with van der Waals surface area (Å²) in [6, 6.07) is 4.47. The molecule has 0 amide bonds. The standard InChI is InChI=1S/C14H11FN2OS/c15-10-7-4-8-11-12(10)13(18)17(14(19)16-11)9-5-2-1-3-6-9/h2,4-8H,1,3H2,(H,16,19). The number of aromatic nitrogens is 2. The average Bonchev–Trinajstić information content (AvgIpc) is 2.39. The number of halogens is 1. The van der Waals surface area contributed by atoms with E-state index in [1.54, 1.807) is 12.1 Å². The number of nitrogens with zero attached hydrogens (tertiary/aromatic N) is 1. The largest absolute Gasteiger partial charge is 0.331 e. The summed E-state index contributed by atoms with van der Waals surface area (Å²) in [6.07, 6.45) is 7.53. The Balaban J connectivity index is 2.41. The van der Waals surface area contributed by atoms with Crippen molar-refractivity contribution in [3.63, 3.8) is 0 Å². The van der Waals surface area contributed by atoms with Crippen LogP contribution < -0.4 is 5.56 Å². The number of benzene rings is 1. The van der Waals surface area contributed by atoms with E-state index in [1.165, 1.54) is 10.6 Å². The van der Waals surface area contributed by atoms with Crippen LogP contribution in [0.2, 0.25) is 0 Å². The van der Waals surface area contributed by atoms with Gasteiger partial charge in [0.25, 0.3) is 5.56 Å². The number of nitrogens with one attached hydrogen (secondary N) is 1. The highest BCUT2D eigenvalue weighted by atomic mass is 32.1. The van der Waals surface area contributed by atoms with Crippen molar-refractivity contribution < 1.29 is 4.39 Å². The van der Waals surface area contributed by atoms with E-state index in [2.05, 4.69) is 4.98 Å². The Bertz CT molecular complexity index is 829. The summed E-state index contributed by atoms with van der Waals surface area (Å²) in [5, 5.41) is 0.0379. The lowest BCUT2D eigenvalue weighted by molar-refractivity contribution is 0.637. The van der Waals surface area contributed by atoms with Crippen molar-refractivity contribution in [2.45, 2.75) is 12.8 Å². The summed E-state index contributed by atoms with van der Waals surface area (Å²) < 4.78 is 15.4. The zero-order chi connectivity index (χ0) is 13.4. The van der Waals surface area contributed by atoms with Crippen LogP contribution in [0, 0.1) is 10.6 Å². The number of H-pyrrole nitrogens is 1. The lowest BCUT2D eigenvalue weighted by Crippen LogP contribution is -2.22. The Morgan fingerprint density at radius 3 is 2.89 bits per heavy atom. The molecule has 3 nitrogen and oxygen atoms in total. The van der Waals surface area contributed by atoms with Gasteiger partial charge in [-0.3, -0.25) is 9.36 Å². The van der Waals surface area contributed by atoms with Crippen LogP contribution in [-0.2, 0) is 0 Å². The molecule has 1 aromatic carbocycles. The first-order chi connectivity index (χ1) is 9.18. The van der Waals surface area contributed by atoms with Crippen LogP contribution in [0.15, 0.2) is 41.2 Å². The summed E-state index contributed by atoms with van der Waals surface area (Å²) in [7, 11) is 0. The third-order valence-electron chi connectivity index (χ3n) is 3.11. The minimum Gasteiger partial charge on any atom is -0.331 e. The molecule has 96 valence electrons. The van der Waals surface area contributed by atoms with E-state index in [0.29, 0.717) is 11.2 Å². The van der Waals surface area contributed by atoms with Gasteiger partial charge in [0.2, 0.25) is 0 Å². The van der Waals surface area contributed by atoms with Gasteiger partial charge in [0.05, 0.1) is 10.9 Å². The van der Waals surface area contributed by atoms with E-state index in [1.807, 2.05) is 18.2 Å². The van der Waals surface area contributed by atoms with Crippen molar-refractivity contribution in [3.8, 4) is 0 Å². The molecule has 0 saturated heterocycles. The molecule has 1 aliphatic carbocycles. The lowest BCUT2D eigenvalue weighted by atomic mass is 10.1. The van der Waals surface area contributed by atoms with Gasteiger partial charge in [-0.25, -0.2) is 4.39 Å². The number of hydrogen-bond donors (Lipinski definition) is 1. The number of rotatable bonds is 1. The molecule has 0 atom stereocenters. The molecule has 1 heterocycles. The molecule has 3 rings (SSSR count). The van der Waals surface area contributed by atoms with Gasteiger partial charge in [0.15, 0.2) is 4.77 Å². The highest BCUT2D eigenvalue weighted by molar-refractivity contribution is 7.71. The Morgan fingerprint density at radius 2 is 2.16 bits per heavy atom. The smallest absolute Gasteiger partial charge is 0.269 e. The van der Waals surface area contributed by atoms with E-state index in [4.69, 9.17) is 12.2 Å². The van der Waals surface area contributed by atoms with Gasteiger partial charge in [-0.05, 0) is 43.3 Å². The van der Waals surface area contributed by atoms with Gasteiger partial charge in [-0.1, -0.05) is 18.2 Å². The van der Waals surface area contributed by atoms with Crippen molar-refractivity contribution in [1.82, 2.24) is 9.55 Å². The van der Waals surface area contributed by atoms with Crippen LogP contribution in [-0.4, -0.2) is 9.55 Å². The van der Waals surface area contributed by atoms with Crippen LogP contribution in [0.5, 0.6) is 0 Å². The predicted molar refractivity (Wildman–Crippen MR) is 76.0 cm³/mol. The quantitative estimate of drug-likeness (QED) is 0.809. The zero-order valence-electron chi connectivity index (χ0n) is 10.0.